The van der Waals surface area contributed by atoms with Crippen molar-refractivity contribution in [1.29, 1.82) is 0 Å². The number of rotatable bonds is 3. The van der Waals surface area contributed by atoms with Crippen molar-refractivity contribution in [2.24, 2.45) is 5.92 Å². The predicted molar refractivity (Wildman–Crippen MR) is 87.8 cm³/mol. The van der Waals surface area contributed by atoms with Crippen LogP contribution in [0.15, 0.2) is 42.6 Å². The standard InChI is InChI=1S/C18H21N3O2/c1-18(2,23)14-9-11-21(12-14)17(22)15-8-10-19-16(20-15)13-6-4-3-5-7-13/h3-8,10,14,23H,9,11-12H2,1-2H3. The van der Waals surface area contributed by atoms with E-state index in [-0.39, 0.29) is 11.8 Å². The van der Waals surface area contributed by atoms with Crippen molar-refractivity contribution < 1.29 is 9.90 Å². The lowest BCUT2D eigenvalue weighted by molar-refractivity contribution is 0.0211. The van der Waals surface area contributed by atoms with Gasteiger partial charge in [0.15, 0.2) is 5.82 Å². The third-order valence-corrected chi connectivity index (χ3v) is 4.38. The van der Waals surface area contributed by atoms with Crippen LogP contribution in [0.4, 0.5) is 0 Å². The molecular formula is C18H21N3O2. The quantitative estimate of drug-likeness (QED) is 0.945. The summed E-state index contributed by atoms with van der Waals surface area (Å²) in [5.74, 6) is 0.549. The van der Waals surface area contributed by atoms with Gasteiger partial charge in [-0.05, 0) is 26.3 Å². The van der Waals surface area contributed by atoms with E-state index in [0.29, 0.717) is 24.6 Å². The molecular weight excluding hydrogens is 290 g/mol. The van der Waals surface area contributed by atoms with Crippen LogP contribution in [0.1, 0.15) is 30.8 Å². The zero-order valence-electron chi connectivity index (χ0n) is 13.4. The summed E-state index contributed by atoms with van der Waals surface area (Å²) in [6.45, 7) is 4.80. The second kappa shape index (κ2) is 6.08. The van der Waals surface area contributed by atoms with Crippen LogP contribution < -0.4 is 0 Å². The second-order valence-electron chi connectivity index (χ2n) is 6.52. The molecule has 0 bridgehead atoms. The summed E-state index contributed by atoms with van der Waals surface area (Å²) in [5.41, 5.74) is 0.517. The SMILES string of the molecule is CC(C)(O)C1CCN(C(=O)c2ccnc(-c3ccccc3)n2)C1. The minimum Gasteiger partial charge on any atom is -0.390 e. The van der Waals surface area contributed by atoms with Crippen LogP contribution in [0.25, 0.3) is 11.4 Å². The number of hydrogen-bond donors (Lipinski definition) is 1. The van der Waals surface area contributed by atoms with Gasteiger partial charge in [-0.2, -0.15) is 0 Å². The van der Waals surface area contributed by atoms with E-state index in [2.05, 4.69) is 9.97 Å². The maximum Gasteiger partial charge on any atom is 0.272 e. The molecule has 2 heterocycles. The first-order valence-corrected chi connectivity index (χ1v) is 7.85. The van der Waals surface area contributed by atoms with Gasteiger partial charge in [-0.15, -0.1) is 0 Å². The molecule has 1 amide bonds. The van der Waals surface area contributed by atoms with Crippen LogP contribution in [0, 0.1) is 5.92 Å². The molecule has 5 nitrogen and oxygen atoms in total. The number of aromatic nitrogens is 2. The van der Waals surface area contributed by atoms with E-state index in [9.17, 15) is 9.90 Å². The average molecular weight is 311 g/mol. The van der Waals surface area contributed by atoms with Crippen molar-refractivity contribution in [3.63, 3.8) is 0 Å². The zero-order chi connectivity index (χ0) is 16.4. The highest BCUT2D eigenvalue weighted by Gasteiger charge is 2.35. The maximum atomic E-state index is 12.7. The molecule has 3 rings (SSSR count). The summed E-state index contributed by atoms with van der Waals surface area (Å²) in [4.78, 5) is 23.1. The summed E-state index contributed by atoms with van der Waals surface area (Å²) in [6.07, 6.45) is 2.43. The molecule has 120 valence electrons. The van der Waals surface area contributed by atoms with Gasteiger partial charge in [0.05, 0.1) is 5.60 Å². The van der Waals surface area contributed by atoms with E-state index in [1.165, 1.54) is 0 Å². The molecule has 1 aliphatic heterocycles. The van der Waals surface area contributed by atoms with Crippen LogP contribution in [-0.4, -0.2) is 44.6 Å². The van der Waals surface area contributed by atoms with Gasteiger partial charge in [-0.25, -0.2) is 9.97 Å². The van der Waals surface area contributed by atoms with Gasteiger partial charge >= 0.3 is 0 Å². The Labute approximate surface area is 136 Å². The Morgan fingerprint density at radius 3 is 2.65 bits per heavy atom. The summed E-state index contributed by atoms with van der Waals surface area (Å²) in [7, 11) is 0. The third kappa shape index (κ3) is 3.40. The van der Waals surface area contributed by atoms with Crippen molar-refractivity contribution in [3.8, 4) is 11.4 Å². The number of carbonyl (C=O) groups is 1. The van der Waals surface area contributed by atoms with Crippen molar-refractivity contribution in [1.82, 2.24) is 14.9 Å². The molecule has 1 atom stereocenters. The molecule has 0 saturated carbocycles. The van der Waals surface area contributed by atoms with Crippen LogP contribution in [0.3, 0.4) is 0 Å². The Kier molecular flexibility index (Phi) is 4.13. The van der Waals surface area contributed by atoms with Crippen molar-refractivity contribution in [2.75, 3.05) is 13.1 Å². The lowest BCUT2D eigenvalue weighted by Crippen LogP contribution is -2.35. The number of nitrogens with zero attached hydrogens (tertiary/aromatic N) is 3. The molecule has 0 aliphatic carbocycles. The van der Waals surface area contributed by atoms with Crippen molar-refractivity contribution in [3.05, 3.63) is 48.3 Å². The number of benzene rings is 1. The Morgan fingerprint density at radius 1 is 1.26 bits per heavy atom. The third-order valence-electron chi connectivity index (χ3n) is 4.38. The molecule has 1 saturated heterocycles. The highest BCUT2D eigenvalue weighted by atomic mass is 16.3. The molecule has 0 spiro atoms. The number of carbonyl (C=O) groups excluding carboxylic acids is 1. The Bertz CT molecular complexity index is 695. The van der Waals surface area contributed by atoms with Gasteiger partial charge < -0.3 is 10.0 Å². The first kappa shape index (κ1) is 15.6. The van der Waals surface area contributed by atoms with E-state index < -0.39 is 5.60 Å². The van der Waals surface area contributed by atoms with Gasteiger partial charge in [0.2, 0.25) is 0 Å². The fourth-order valence-corrected chi connectivity index (χ4v) is 2.89. The first-order chi connectivity index (χ1) is 10.9. The largest absolute Gasteiger partial charge is 0.390 e. The number of likely N-dealkylation sites (tertiary alicyclic amines) is 1. The molecule has 23 heavy (non-hydrogen) atoms. The van der Waals surface area contributed by atoms with Gasteiger partial charge in [-0.3, -0.25) is 4.79 Å². The Hall–Kier alpha value is -2.27. The average Bonchev–Trinajstić information content (AvgIpc) is 3.05. The predicted octanol–water partition coefficient (Wildman–Crippen LogP) is 2.38. The molecule has 5 heteroatoms. The van der Waals surface area contributed by atoms with Crippen LogP contribution in [-0.2, 0) is 0 Å². The molecule has 1 fully saturated rings. The van der Waals surface area contributed by atoms with E-state index >= 15 is 0 Å². The second-order valence-corrected chi connectivity index (χ2v) is 6.52. The summed E-state index contributed by atoms with van der Waals surface area (Å²) >= 11 is 0. The fraction of sp³-hybridized carbons (Fsp3) is 0.389. The van der Waals surface area contributed by atoms with Crippen LogP contribution in [0.5, 0.6) is 0 Å². The van der Waals surface area contributed by atoms with Crippen molar-refractivity contribution in [2.45, 2.75) is 25.9 Å². The molecule has 1 unspecified atom stereocenters. The van der Waals surface area contributed by atoms with E-state index in [4.69, 9.17) is 0 Å². The molecule has 1 aliphatic rings. The summed E-state index contributed by atoms with van der Waals surface area (Å²) in [5, 5.41) is 10.1. The highest BCUT2D eigenvalue weighted by Crippen LogP contribution is 2.28. The zero-order valence-corrected chi connectivity index (χ0v) is 13.4. The fourth-order valence-electron chi connectivity index (χ4n) is 2.89. The highest BCUT2D eigenvalue weighted by molar-refractivity contribution is 5.92. The maximum absolute atomic E-state index is 12.7. The molecule has 1 aromatic heterocycles. The van der Waals surface area contributed by atoms with Gasteiger partial charge in [0, 0.05) is 30.8 Å². The Balaban J connectivity index is 1.79. The molecule has 1 N–H and O–H groups in total. The molecule has 0 radical (unpaired) electrons. The summed E-state index contributed by atoms with van der Waals surface area (Å²) < 4.78 is 0. The topological polar surface area (TPSA) is 66.3 Å². The van der Waals surface area contributed by atoms with Gasteiger partial charge in [0.25, 0.3) is 5.91 Å². The van der Waals surface area contributed by atoms with Gasteiger partial charge in [0.1, 0.15) is 5.69 Å². The van der Waals surface area contributed by atoms with Crippen LogP contribution >= 0.6 is 0 Å². The lowest BCUT2D eigenvalue weighted by atomic mass is 9.90. The number of hydrogen-bond acceptors (Lipinski definition) is 4. The van der Waals surface area contributed by atoms with E-state index in [1.807, 2.05) is 30.3 Å². The first-order valence-electron chi connectivity index (χ1n) is 7.85. The lowest BCUT2D eigenvalue weighted by Gasteiger charge is -2.25. The minimum absolute atomic E-state index is 0.0990. The monoisotopic (exact) mass is 311 g/mol. The van der Waals surface area contributed by atoms with Crippen molar-refractivity contribution >= 4 is 5.91 Å². The molecule has 2 aromatic rings. The van der Waals surface area contributed by atoms with Crippen LogP contribution in [0.2, 0.25) is 0 Å². The molecule has 1 aromatic carbocycles. The minimum atomic E-state index is -0.768. The smallest absolute Gasteiger partial charge is 0.272 e. The van der Waals surface area contributed by atoms with E-state index in [0.717, 1.165) is 12.0 Å². The number of amides is 1. The van der Waals surface area contributed by atoms with Gasteiger partial charge in [-0.1, -0.05) is 30.3 Å². The Morgan fingerprint density at radius 2 is 2.00 bits per heavy atom. The normalized spacial score (nSPS) is 18.2. The summed E-state index contributed by atoms with van der Waals surface area (Å²) in [6, 6.07) is 11.3. The number of aliphatic hydroxyl groups is 1. The van der Waals surface area contributed by atoms with E-state index in [1.54, 1.807) is 31.0 Å².